The Hall–Kier alpha value is -4.56. The van der Waals surface area contributed by atoms with Crippen molar-refractivity contribution in [2.75, 3.05) is 13.1 Å². The van der Waals surface area contributed by atoms with Crippen LogP contribution in [-0.2, 0) is 6.42 Å². The molecule has 0 spiro atoms. The van der Waals surface area contributed by atoms with Gasteiger partial charge in [0, 0.05) is 41.4 Å². The number of benzene rings is 5. The predicted octanol–water partition coefficient (Wildman–Crippen LogP) is 8.92. The first-order valence-electron chi connectivity index (χ1n) is 14.4. The molecule has 0 radical (unpaired) electrons. The molecule has 1 N–H and O–H groups in total. The van der Waals surface area contributed by atoms with E-state index in [-0.39, 0.29) is 5.92 Å². The zero-order chi connectivity index (χ0) is 26.9. The standard InChI is InChI=1S/C38H33NO/c40-38-33(27-14-4-1-5-15-27)25-31(26-34(38)28-16-6-2-7-17-28)36(29-18-8-3-9-19-29)35-24-30-20-10-11-21-32(30)37(35)39-22-12-13-23-39/h1-11,14-21,25-26,36,40H,12-13,22-24H2. The second kappa shape index (κ2) is 10.5. The lowest BCUT2D eigenvalue weighted by atomic mass is 9.80. The number of aromatic hydroxyl groups is 1. The number of nitrogens with zero attached hydrogens (tertiary/aromatic N) is 1. The Kier molecular flexibility index (Phi) is 6.45. The molecule has 5 aromatic carbocycles. The molecular weight excluding hydrogens is 486 g/mol. The van der Waals surface area contributed by atoms with Crippen molar-refractivity contribution in [2.45, 2.75) is 25.2 Å². The van der Waals surface area contributed by atoms with Gasteiger partial charge in [-0.25, -0.2) is 0 Å². The third kappa shape index (κ3) is 4.40. The second-order valence-corrected chi connectivity index (χ2v) is 10.9. The minimum absolute atomic E-state index is 0.0646. The second-order valence-electron chi connectivity index (χ2n) is 10.9. The number of rotatable bonds is 6. The van der Waals surface area contributed by atoms with Crippen LogP contribution in [-0.4, -0.2) is 23.1 Å². The molecule has 1 unspecified atom stereocenters. The zero-order valence-corrected chi connectivity index (χ0v) is 22.6. The summed E-state index contributed by atoms with van der Waals surface area (Å²) in [5.74, 6) is 0.395. The number of phenols is 1. The molecule has 1 aliphatic heterocycles. The molecule has 1 aliphatic carbocycles. The fourth-order valence-corrected chi connectivity index (χ4v) is 6.66. The lowest BCUT2D eigenvalue weighted by molar-refractivity contribution is 0.479. The minimum atomic E-state index is 0.0646. The van der Waals surface area contributed by atoms with Crippen LogP contribution in [0.2, 0.25) is 0 Å². The van der Waals surface area contributed by atoms with Gasteiger partial charge in [-0.1, -0.05) is 115 Å². The van der Waals surface area contributed by atoms with E-state index in [4.69, 9.17) is 0 Å². The molecule has 2 nitrogen and oxygen atoms in total. The molecule has 1 saturated heterocycles. The number of allylic oxidation sites excluding steroid dienone is 1. The highest BCUT2D eigenvalue weighted by Gasteiger charge is 2.33. The first kappa shape index (κ1) is 24.5. The maximum absolute atomic E-state index is 11.7. The molecule has 0 aromatic heterocycles. The molecule has 1 heterocycles. The van der Waals surface area contributed by atoms with E-state index in [2.05, 4.69) is 95.9 Å². The predicted molar refractivity (Wildman–Crippen MR) is 165 cm³/mol. The quantitative estimate of drug-likeness (QED) is 0.242. The fourth-order valence-electron chi connectivity index (χ4n) is 6.66. The van der Waals surface area contributed by atoms with Gasteiger partial charge in [-0.3, -0.25) is 0 Å². The van der Waals surface area contributed by atoms with Gasteiger partial charge < -0.3 is 10.0 Å². The maximum atomic E-state index is 11.7. The fraction of sp³-hybridized carbons (Fsp3) is 0.158. The molecule has 0 bridgehead atoms. The van der Waals surface area contributed by atoms with E-state index in [0.717, 1.165) is 41.8 Å². The van der Waals surface area contributed by atoms with Crippen molar-refractivity contribution in [3.05, 3.63) is 155 Å². The van der Waals surface area contributed by atoms with Crippen LogP contribution in [0.5, 0.6) is 5.75 Å². The van der Waals surface area contributed by atoms with Gasteiger partial charge in [0.2, 0.25) is 0 Å². The first-order chi connectivity index (χ1) is 19.8. The summed E-state index contributed by atoms with van der Waals surface area (Å²) in [5, 5.41) is 11.7. The van der Waals surface area contributed by atoms with Crippen LogP contribution in [0.15, 0.2) is 133 Å². The average Bonchev–Trinajstić information content (AvgIpc) is 3.67. The van der Waals surface area contributed by atoms with Gasteiger partial charge in [-0.2, -0.15) is 0 Å². The van der Waals surface area contributed by atoms with E-state index in [1.165, 1.54) is 46.4 Å². The number of likely N-dealkylation sites (tertiary alicyclic amines) is 1. The van der Waals surface area contributed by atoms with Crippen molar-refractivity contribution in [2.24, 2.45) is 0 Å². The topological polar surface area (TPSA) is 23.5 Å². The summed E-state index contributed by atoms with van der Waals surface area (Å²) in [5.41, 5.74) is 11.9. The Balaban J connectivity index is 1.50. The van der Waals surface area contributed by atoms with Gasteiger partial charge in [0.25, 0.3) is 0 Å². The molecule has 7 rings (SSSR count). The van der Waals surface area contributed by atoms with Crippen LogP contribution in [0, 0.1) is 0 Å². The summed E-state index contributed by atoms with van der Waals surface area (Å²) in [6.07, 6.45) is 3.42. The van der Waals surface area contributed by atoms with Gasteiger partial charge in [0.05, 0.1) is 0 Å². The smallest absolute Gasteiger partial charge is 0.131 e. The normalized spacial score (nSPS) is 15.3. The van der Waals surface area contributed by atoms with E-state index in [1.807, 2.05) is 36.4 Å². The number of hydrogen-bond acceptors (Lipinski definition) is 2. The molecule has 40 heavy (non-hydrogen) atoms. The highest BCUT2D eigenvalue weighted by atomic mass is 16.3. The lowest BCUT2D eigenvalue weighted by Crippen LogP contribution is -2.19. The van der Waals surface area contributed by atoms with Gasteiger partial charge in [0.1, 0.15) is 5.75 Å². The van der Waals surface area contributed by atoms with Crippen molar-refractivity contribution in [3.63, 3.8) is 0 Å². The van der Waals surface area contributed by atoms with Crippen LogP contribution in [0.25, 0.3) is 28.0 Å². The third-order valence-electron chi connectivity index (χ3n) is 8.50. The van der Waals surface area contributed by atoms with Crippen LogP contribution in [0.1, 0.15) is 41.0 Å². The Bertz CT molecular complexity index is 1600. The van der Waals surface area contributed by atoms with E-state index in [0.29, 0.717) is 5.75 Å². The summed E-state index contributed by atoms with van der Waals surface area (Å²) in [7, 11) is 0. The number of fused-ring (bicyclic) bond motifs is 1. The molecule has 196 valence electrons. The molecular formula is C38H33NO. The van der Waals surface area contributed by atoms with E-state index in [1.54, 1.807) is 0 Å². The minimum Gasteiger partial charge on any atom is -0.507 e. The Morgan fingerprint density at radius 1 is 0.550 bits per heavy atom. The van der Waals surface area contributed by atoms with Crippen LogP contribution >= 0.6 is 0 Å². The molecule has 1 atom stereocenters. The summed E-state index contributed by atoms with van der Waals surface area (Å²) >= 11 is 0. The van der Waals surface area contributed by atoms with Crippen LogP contribution in [0.4, 0.5) is 0 Å². The summed E-state index contributed by atoms with van der Waals surface area (Å²) in [6, 6.07) is 44.9. The third-order valence-corrected chi connectivity index (χ3v) is 8.50. The van der Waals surface area contributed by atoms with Crippen LogP contribution < -0.4 is 0 Å². The van der Waals surface area contributed by atoms with Crippen molar-refractivity contribution in [3.8, 4) is 28.0 Å². The van der Waals surface area contributed by atoms with Crippen LogP contribution in [0.3, 0.4) is 0 Å². The molecule has 2 aliphatic rings. The van der Waals surface area contributed by atoms with E-state index >= 15 is 0 Å². The Labute approximate surface area is 236 Å². The molecule has 0 amide bonds. The molecule has 1 fully saturated rings. The SMILES string of the molecule is Oc1c(-c2ccccc2)cc(C(C2=C(N3CCCC3)c3ccccc3C2)c2ccccc2)cc1-c1ccccc1. The van der Waals surface area contributed by atoms with Gasteiger partial charge in [-0.15, -0.1) is 0 Å². The van der Waals surface area contributed by atoms with E-state index in [9.17, 15) is 5.11 Å². The van der Waals surface area contributed by atoms with E-state index < -0.39 is 0 Å². The van der Waals surface area contributed by atoms with Gasteiger partial charge >= 0.3 is 0 Å². The highest BCUT2D eigenvalue weighted by molar-refractivity contribution is 5.84. The van der Waals surface area contributed by atoms with Gasteiger partial charge in [0.15, 0.2) is 0 Å². The lowest BCUT2D eigenvalue weighted by Gasteiger charge is -2.28. The zero-order valence-electron chi connectivity index (χ0n) is 22.6. The summed E-state index contributed by atoms with van der Waals surface area (Å²) in [6.45, 7) is 2.21. The average molecular weight is 520 g/mol. The first-order valence-corrected chi connectivity index (χ1v) is 14.4. The van der Waals surface area contributed by atoms with Crippen molar-refractivity contribution >= 4 is 5.70 Å². The maximum Gasteiger partial charge on any atom is 0.131 e. The van der Waals surface area contributed by atoms with Crippen molar-refractivity contribution < 1.29 is 5.11 Å². The van der Waals surface area contributed by atoms with Gasteiger partial charge in [-0.05, 0) is 64.8 Å². The Morgan fingerprint density at radius 2 is 1.07 bits per heavy atom. The molecule has 2 heteroatoms. The number of phenolic OH excluding ortho intramolecular Hbond substituents is 1. The Morgan fingerprint density at radius 3 is 1.68 bits per heavy atom. The molecule has 0 saturated carbocycles. The van der Waals surface area contributed by atoms with Crippen molar-refractivity contribution in [1.29, 1.82) is 0 Å². The highest BCUT2D eigenvalue weighted by Crippen LogP contribution is 2.48. The largest absolute Gasteiger partial charge is 0.507 e. The van der Waals surface area contributed by atoms with Crippen molar-refractivity contribution in [1.82, 2.24) is 4.90 Å². The monoisotopic (exact) mass is 519 g/mol. The number of hydrogen-bond donors (Lipinski definition) is 1. The summed E-state index contributed by atoms with van der Waals surface area (Å²) in [4.78, 5) is 2.62. The molecule has 5 aromatic rings. The summed E-state index contributed by atoms with van der Waals surface area (Å²) < 4.78 is 0.